The molecule has 1 aliphatic rings. The summed E-state index contributed by atoms with van der Waals surface area (Å²) in [4.78, 5) is 0. The SMILES string of the molecule is O=S(=O)(NC[C@]1(O)CCCNC1)c1ccc(Cl)s1. The average Bonchev–Trinajstić information content (AvgIpc) is 2.76. The molecule has 8 heteroatoms. The van der Waals surface area contributed by atoms with Crippen LogP contribution in [0.15, 0.2) is 16.3 Å². The molecule has 1 aromatic rings. The van der Waals surface area contributed by atoms with Gasteiger partial charge in [-0.05, 0) is 31.5 Å². The first-order chi connectivity index (χ1) is 8.41. The Bertz CT molecular complexity index is 509. The summed E-state index contributed by atoms with van der Waals surface area (Å²) in [5, 5.41) is 13.2. The largest absolute Gasteiger partial charge is 0.387 e. The number of aliphatic hydroxyl groups is 1. The van der Waals surface area contributed by atoms with E-state index in [4.69, 9.17) is 11.6 Å². The van der Waals surface area contributed by atoms with Crippen LogP contribution >= 0.6 is 22.9 Å². The third-order valence-corrected chi connectivity index (χ3v) is 5.98. The van der Waals surface area contributed by atoms with E-state index in [0.717, 1.165) is 24.3 Å². The Hall–Kier alpha value is -0.180. The number of piperidine rings is 1. The number of halogens is 1. The standard InChI is InChI=1S/C10H15ClN2O3S2/c11-8-2-3-9(17-8)18(15,16)13-7-10(14)4-1-5-12-6-10/h2-3,12-14H,1,4-7H2/t10-/m0/s1. The fourth-order valence-electron chi connectivity index (χ4n) is 1.85. The Balaban J connectivity index is 2.01. The third-order valence-electron chi connectivity index (χ3n) is 2.85. The fraction of sp³-hybridized carbons (Fsp3) is 0.600. The highest BCUT2D eigenvalue weighted by Crippen LogP contribution is 2.25. The molecule has 3 N–H and O–H groups in total. The maximum atomic E-state index is 11.9. The maximum absolute atomic E-state index is 11.9. The Kier molecular flexibility index (Phi) is 4.30. The van der Waals surface area contributed by atoms with Crippen LogP contribution in [0.2, 0.25) is 4.34 Å². The van der Waals surface area contributed by atoms with Crippen molar-refractivity contribution in [3.8, 4) is 0 Å². The van der Waals surface area contributed by atoms with E-state index in [9.17, 15) is 13.5 Å². The Morgan fingerprint density at radius 1 is 1.56 bits per heavy atom. The van der Waals surface area contributed by atoms with E-state index in [-0.39, 0.29) is 10.8 Å². The third kappa shape index (κ3) is 3.43. The van der Waals surface area contributed by atoms with Crippen LogP contribution in [0.5, 0.6) is 0 Å². The molecule has 1 aliphatic heterocycles. The summed E-state index contributed by atoms with van der Waals surface area (Å²) in [7, 11) is -3.58. The van der Waals surface area contributed by atoms with E-state index < -0.39 is 15.6 Å². The maximum Gasteiger partial charge on any atom is 0.250 e. The lowest BCUT2D eigenvalue weighted by Gasteiger charge is -2.32. The van der Waals surface area contributed by atoms with Crippen LogP contribution in [0.4, 0.5) is 0 Å². The van der Waals surface area contributed by atoms with Gasteiger partial charge in [-0.3, -0.25) is 0 Å². The number of thiophene rings is 1. The zero-order valence-electron chi connectivity index (χ0n) is 9.65. The topological polar surface area (TPSA) is 78.4 Å². The van der Waals surface area contributed by atoms with Gasteiger partial charge in [-0.2, -0.15) is 0 Å². The summed E-state index contributed by atoms with van der Waals surface area (Å²) in [6, 6.07) is 3.00. The van der Waals surface area contributed by atoms with Crippen molar-refractivity contribution in [1.82, 2.24) is 10.0 Å². The lowest BCUT2D eigenvalue weighted by molar-refractivity contribution is 0.0218. The minimum Gasteiger partial charge on any atom is -0.387 e. The lowest BCUT2D eigenvalue weighted by atomic mass is 9.95. The summed E-state index contributed by atoms with van der Waals surface area (Å²) in [5.41, 5.74) is -1.01. The van der Waals surface area contributed by atoms with E-state index in [1.54, 1.807) is 0 Å². The molecular weight excluding hydrogens is 296 g/mol. The van der Waals surface area contributed by atoms with Crippen molar-refractivity contribution in [2.45, 2.75) is 22.7 Å². The van der Waals surface area contributed by atoms with E-state index in [1.807, 2.05) is 0 Å². The molecule has 0 aliphatic carbocycles. The van der Waals surface area contributed by atoms with Crippen LogP contribution in [0.3, 0.4) is 0 Å². The zero-order valence-corrected chi connectivity index (χ0v) is 12.0. The highest BCUT2D eigenvalue weighted by molar-refractivity contribution is 7.91. The van der Waals surface area contributed by atoms with Crippen molar-refractivity contribution in [3.05, 3.63) is 16.5 Å². The molecule has 0 bridgehead atoms. The first-order valence-electron chi connectivity index (χ1n) is 5.59. The van der Waals surface area contributed by atoms with Crippen molar-refractivity contribution < 1.29 is 13.5 Å². The van der Waals surface area contributed by atoms with Crippen LogP contribution in [-0.4, -0.2) is 38.8 Å². The number of nitrogens with one attached hydrogen (secondary N) is 2. The second kappa shape index (κ2) is 5.44. The van der Waals surface area contributed by atoms with Crippen molar-refractivity contribution in [3.63, 3.8) is 0 Å². The van der Waals surface area contributed by atoms with Gasteiger partial charge in [-0.25, -0.2) is 13.1 Å². The van der Waals surface area contributed by atoms with Crippen molar-refractivity contribution in [2.24, 2.45) is 0 Å². The van der Waals surface area contributed by atoms with Crippen LogP contribution < -0.4 is 10.0 Å². The normalized spacial score (nSPS) is 25.2. The molecule has 2 rings (SSSR count). The van der Waals surface area contributed by atoms with Gasteiger partial charge in [0.25, 0.3) is 0 Å². The summed E-state index contributed by atoms with van der Waals surface area (Å²) in [6.45, 7) is 1.27. The molecular formula is C10H15ClN2O3S2. The summed E-state index contributed by atoms with van der Waals surface area (Å²) in [6.07, 6.45) is 1.43. The first-order valence-corrected chi connectivity index (χ1v) is 8.27. The minimum absolute atomic E-state index is 0.0118. The van der Waals surface area contributed by atoms with Crippen molar-refractivity contribution in [2.75, 3.05) is 19.6 Å². The molecule has 5 nitrogen and oxygen atoms in total. The Morgan fingerprint density at radius 2 is 2.33 bits per heavy atom. The van der Waals surface area contributed by atoms with Gasteiger partial charge in [0.05, 0.1) is 9.94 Å². The molecule has 0 aromatic carbocycles. The average molecular weight is 311 g/mol. The molecule has 1 aromatic heterocycles. The predicted octanol–water partition coefficient (Wildman–Crippen LogP) is 0.794. The molecule has 1 fully saturated rings. The van der Waals surface area contributed by atoms with E-state index in [2.05, 4.69) is 10.0 Å². The number of sulfonamides is 1. The first kappa shape index (κ1) is 14.2. The second-order valence-electron chi connectivity index (χ2n) is 4.39. The van der Waals surface area contributed by atoms with Gasteiger partial charge in [0.2, 0.25) is 10.0 Å². The highest BCUT2D eigenvalue weighted by atomic mass is 35.5. The molecule has 2 heterocycles. The molecule has 1 atom stereocenters. The van der Waals surface area contributed by atoms with Crippen LogP contribution in [0.25, 0.3) is 0 Å². The molecule has 18 heavy (non-hydrogen) atoms. The van der Waals surface area contributed by atoms with Crippen LogP contribution in [-0.2, 0) is 10.0 Å². The summed E-state index contributed by atoms with van der Waals surface area (Å²) < 4.78 is 26.9. The van der Waals surface area contributed by atoms with Gasteiger partial charge < -0.3 is 10.4 Å². The van der Waals surface area contributed by atoms with Gasteiger partial charge in [-0.1, -0.05) is 11.6 Å². The van der Waals surface area contributed by atoms with Gasteiger partial charge in [-0.15, -0.1) is 11.3 Å². The molecule has 0 unspecified atom stereocenters. The number of rotatable bonds is 4. The summed E-state index contributed by atoms with van der Waals surface area (Å²) in [5.74, 6) is 0. The van der Waals surface area contributed by atoms with Crippen molar-refractivity contribution >= 4 is 33.0 Å². The highest BCUT2D eigenvalue weighted by Gasteiger charge is 2.31. The molecule has 0 amide bonds. The Labute approximate surface area is 115 Å². The van der Waals surface area contributed by atoms with Gasteiger partial charge >= 0.3 is 0 Å². The zero-order chi connectivity index (χ0) is 13.2. The van der Waals surface area contributed by atoms with Crippen LogP contribution in [0, 0.1) is 0 Å². The van der Waals surface area contributed by atoms with Gasteiger partial charge in [0.15, 0.2) is 0 Å². The van der Waals surface area contributed by atoms with E-state index in [1.165, 1.54) is 12.1 Å². The minimum atomic E-state index is -3.58. The van der Waals surface area contributed by atoms with Crippen molar-refractivity contribution in [1.29, 1.82) is 0 Å². The molecule has 102 valence electrons. The summed E-state index contributed by atoms with van der Waals surface area (Å²) >= 11 is 6.71. The van der Waals surface area contributed by atoms with Crippen LogP contribution in [0.1, 0.15) is 12.8 Å². The number of hydrogen-bond acceptors (Lipinski definition) is 5. The molecule has 1 saturated heterocycles. The lowest BCUT2D eigenvalue weighted by Crippen LogP contribution is -2.52. The molecule has 0 radical (unpaired) electrons. The quantitative estimate of drug-likeness (QED) is 0.768. The second-order valence-corrected chi connectivity index (χ2v) is 8.10. The smallest absolute Gasteiger partial charge is 0.250 e. The van der Waals surface area contributed by atoms with E-state index in [0.29, 0.717) is 17.3 Å². The fourth-order valence-corrected chi connectivity index (χ4v) is 4.49. The van der Waals surface area contributed by atoms with Gasteiger partial charge in [0.1, 0.15) is 4.21 Å². The Morgan fingerprint density at radius 3 is 2.89 bits per heavy atom. The molecule has 0 saturated carbocycles. The van der Waals surface area contributed by atoms with Gasteiger partial charge in [0, 0.05) is 13.1 Å². The predicted molar refractivity (Wildman–Crippen MR) is 71.6 cm³/mol. The number of hydrogen-bond donors (Lipinski definition) is 3. The monoisotopic (exact) mass is 310 g/mol. The van der Waals surface area contributed by atoms with E-state index >= 15 is 0 Å². The molecule has 0 spiro atoms. The number of β-amino-alcohol motifs (C(OH)–C–C–N with tert-alkyl or cyclic N) is 1.